The van der Waals surface area contributed by atoms with Gasteiger partial charge >= 0.3 is 6.09 Å². The Labute approximate surface area is 153 Å². The molecule has 1 aliphatic rings. The van der Waals surface area contributed by atoms with Crippen LogP contribution in [-0.2, 0) is 15.9 Å². The average Bonchev–Trinajstić information content (AvgIpc) is 2.65. The molecule has 4 nitrogen and oxygen atoms in total. The number of aryl methyl sites for hydroxylation is 1. The van der Waals surface area contributed by atoms with Crippen LogP contribution in [0.5, 0.6) is 0 Å². The molecule has 0 spiro atoms. The number of hydrogen-bond donors (Lipinski definition) is 0. The SMILES string of the molecule is C[C@H]1OC(C)(C)N(C(=O)OC(C)(C)C)[C@H]1CCc1ccc(Br)cc1. The van der Waals surface area contributed by atoms with Crippen LogP contribution in [0.4, 0.5) is 4.79 Å². The first-order chi connectivity index (χ1) is 11.0. The van der Waals surface area contributed by atoms with Crippen molar-refractivity contribution in [3.05, 3.63) is 34.3 Å². The number of amides is 1. The summed E-state index contributed by atoms with van der Waals surface area (Å²) >= 11 is 3.45. The minimum atomic E-state index is -0.661. The van der Waals surface area contributed by atoms with E-state index in [0.29, 0.717) is 0 Å². The first-order valence-corrected chi connectivity index (χ1v) is 9.23. The molecule has 24 heavy (non-hydrogen) atoms. The van der Waals surface area contributed by atoms with Crippen molar-refractivity contribution in [3.63, 3.8) is 0 Å². The van der Waals surface area contributed by atoms with E-state index in [9.17, 15) is 4.79 Å². The van der Waals surface area contributed by atoms with Gasteiger partial charge in [-0.3, -0.25) is 4.90 Å². The third-order valence-corrected chi connectivity index (χ3v) is 4.69. The molecule has 0 aromatic heterocycles. The Bertz CT molecular complexity index is 577. The van der Waals surface area contributed by atoms with E-state index in [-0.39, 0.29) is 18.2 Å². The van der Waals surface area contributed by atoms with Crippen LogP contribution in [0.2, 0.25) is 0 Å². The number of halogens is 1. The van der Waals surface area contributed by atoms with Gasteiger partial charge in [-0.15, -0.1) is 0 Å². The fourth-order valence-corrected chi connectivity index (χ4v) is 3.46. The Hall–Kier alpha value is -1.07. The van der Waals surface area contributed by atoms with Gasteiger partial charge in [-0.25, -0.2) is 4.79 Å². The zero-order valence-electron chi connectivity index (χ0n) is 15.4. The van der Waals surface area contributed by atoms with Crippen molar-refractivity contribution >= 4 is 22.0 Å². The van der Waals surface area contributed by atoms with Crippen molar-refractivity contribution in [2.45, 2.75) is 77.9 Å². The highest BCUT2D eigenvalue weighted by molar-refractivity contribution is 9.10. The normalized spacial score (nSPS) is 23.4. The molecule has 1 amide bonds. The fraction of sp³-hybridized carbons (Fsp3) is 0.632. The van der Waals surface area contributed by atoms with Crippen LogP contribution in [0.3, 0.4) is 0 Å². The molecule has 0 bridgehead atoms. The van der Waals surface area contributed by atoms with Gasteiger partial charge in [-0.05, 0) is 72.1 Å². The number of rotatable bonds is 3. The highest BCUT2D eigenvalue weighted by atomic mass is 79.9. The van der Waals surface area contributed by atoms with E-state index >= 15 is 0 Å². The summed E-state index contributed by atoms with van der Waals surface area (Å²) in [6, 6.07) is 8.29. The van der Waals surface area contributed by atoms with Gasteiger partial charge in [0.1, 0.15) is 11.3 Å². The van der Waals surface area contributed by atoms with E-state index in [1.807, 2.05) is 53.7 Å². The molecule has 0 radical (unpaired) electrons. The lowest BCUT2D eigenvalue weighted by molar-refractivity contribution is -0.0757. The van der Waals surface area contributed by atoms with Gasteiger partial charge in [-0.2, -0.15) is 0 Å². The number of benzene rings is 1. The number of nitrogens with zero attached hydrogens (tertiary/aromatic N) is 1. The molecule has 134 valence electrons. The largest absolute Gasteiger partial charge is 0.444 e. The molecule has 1 aromatic carbocycles. The van der Waals surface area contributed by atoms with E-state index in [1.165, 1.54) is 5.56 Å². The molecule has 1 saturated heterocycles. The van der Waals surface area contributed by atoms with E-state index in [0.717, 1.165) is 17.3 Å². The first kappa shape index (κ1) is 19.3. The topological polar surface area (TPSA) is 38.8 Å². The Balaban J connectivity index is 2.12. The van der Waals surface area contributed by atoms with E-state index in [1.54, 1.807) is 4.90 Å². The molecular weight excluding hydrogens is 370 g/mol. The molecule has 2 atom stereocenters. The van der Waals surface area contributed by atoms with Crippen molar-refractivity contribution in [2.75, 3.05) is 0 Å². The summed E-state index contributed by atoms with van der Waals surface area (Å²) in [4.78, 5) is 14.5. The Kier molecular flexibility index (Phi) is 5.65. The first-order valence-electron chi connectivity index (χ1n) is 8.44. The van der Waals surface area contributed by atoms with E-state index in [2.05, 4.69) is 28.1 Å². The molecule has 5 heteroatoms. The zero-order chi connectivity index (χ0) is 18.1. The maximum absolute atomic E-state index is 12.7. The monoisotopic (exact) mass is 397 g/mol. The van der Waals surface area contributed by atoms with E-state index < -0.39 is 11.3 Å². The summed E-state index contributed by atoms with van der Waals surface area (Å²) in [5.41, 5.74) is 0.0701. The minimum Gasteiger partial charge on any atom is -0.444 e. The second-order valence-corrected chi connectivity index (χ2v) is 8.77. The summed E-state index contributed by atoms with van der Waals surface area (Å²) < 4.78 is 12.7. The molecule has 1 fully saturated rings. The lowest BCUT2D eigenvalue weighted by Crippen LogP contribution is -2.50. The highest BCUT2D eigenvalue weighted by Gasteiger charge is 2.49. The van der Waals surface area contributed by atoms with Crippen LogP contribution < -0.4 is 0 Å². The predicted molar refractivity (Wildman–Crippen MR) is 99.0 cm³/mol. The standard InChI is InChI=1S/C19H28BrNO3/c1-13-16(12-9-14-7-10-15(20)11-8-14)21(19(5,6)23-13)17(22)24-18(2,3)4/h7-8,10-11,13,16H,9,12H2,1-6H3/t13-,16+/m1/s1. The van der Waals surface area contributed by atoms with Crippen molar-refractivity contribution in [1.82, 2.24) is 4.90 Å². The summed E-state index contributed by atoms with van der Waals surface area (Å²) in [5, 5.41) is 0. The van der Waals surface area contributed by atoms with Crippen LogP contribution in [0.1, 0.15) is 53.5 Å². The molecule has 1 aromatic rings. The summed E-state index contributed by atoms with van der Waals surface area (Å²) in [5.74, 6) is 0. The summed E-state index contributed by atoms with van der Waals surface area (Å²) in [7, 11) is 0. The maximum Gasteiger partial charge on any atom is 0.412 e. The van der Waals surface area contributed by atoms with Crippen LogP contribution in [0, 0.1) is 0 Å². The summed E-state index contributed by atoms with van der Waals surface area (Å²) in [6.07, 6.45) is 1.40. The average molecular weight is 398 g/mol. The van der Waals surface area contributed by atoms with Gasteiger partial charge in [0.25, 0.3) is 0 Å². The lowest BCUT2D eigenvalue weighted by Gasteiger charge is -2.35. The fourth-order valence-electron chi connectivity index (χ4n) is 3.20. The van der Waals surface area contributed by atoms with Gasteiger partial charge < -0.3 is 9.47 Å². The van der Waals surface area contributed by atoms with E-state index in [4.69, 9.17) is 9.47 Å². The lowest BCUT2D eigenvalue weighted by atomic mass is 10.0. The molecule has 0 unspecified atom stereocenters. The Morgan fingerprint density at radius 2 is 1.88 bits per heavy atom. The zero-order valence-corrected chi connectivity index (χ0v) is 17.0. The quantitative estimate of drug-likeness (QED) is 0.708. The van der Waals surface area contributed by atoms with Gasteiger partial charge in [0.15, 0.2) is 0 Å². The van der Waals surface area contributed by atoms with Gasteiger partial charge in [0, 0.05) is 4.47 Å². The van der Waals surface area contributed by atoms with Gasteiger partial charge in [0.2, 0.25) is 0 Å². The van der Waals surface area contributed by atoms with Crippen LogP contribution in [-0.4, -0.2) is 34.5 Å². The number of carbonyl (C=O) groups excluding carboxylic acids is 1. The molecular formula is C19H28BrNO3. The third kappa shape index (κ3) is 4.73. The predicted octanol–water partition coefficient (Wildman–Crippen LogP) is 5.14. The Morgan fingerprint density at radius 1 is 1.29 bits per heavy atom. The summed E-state index contributed by atoms with van der Waals surface area (Å²) in [6.45, 7) is 11.5. The smallest absolute Gasteiger partial charge is 0.412 e. The number of hydrogen-bond acceptors (Lipinski definition) is 3. The second-order valence-electron chi connectivity index (χ2n) is 7.85. The molecule has 1 aliphatic heterocycles. The van der Waals surface area contributed by atoms with Gasteiger partial charge in [-0.1, -0.05) is 28.1 Å². The van der Waals surface area contributed by atoms with Crippen molar-refractivity contribution < 1.29 is 14.3 Å². The van der Waals surface area contributed by atoms with Gasteiger partial charge in [0.05, 0.1) is 12.1 Å². The Morgan fingerprint density at radius 3 is 2.42 bits per heavy atom. The van der Waals surface area contributed by atoms with Crippen molar-refractivity contribution in [3.8, 4) is 0 Å². The highest BCUT2D eigenvalue weighted by Crippen LogP contribution is 2.35. The number of ether oxygens (including phenoxy) is 2. The van der Waals surface area contributed by atoms with Crippen LogP contribution in [0.25, 0.3) is 0 Å². The van der Waals surface area contributed by atoms with Crippen LogP contribution in [0.15, 0.2) is 28.7 Å². The van der Waals surface area contributed by atoms with Crippen LogP contribution >= 0.6 is 15.9 Å². The molecule has 0 N–H and O–H groups in total. The molecule has 0 saturated carbocycles. The van der Waals surface area contributed by atoms with Crippen molar-refractivity contribution in [1.29, 1.82) is 0 Å². The maximum atomic E-state index is 12.7. The van der Waals surface area contributed by atoms with Crippen molar-refractivity contribution in [2.24, 2.45) is 0 Å². The third-order valence-electron chi connectivity index (χ3n) is 4.16. The molecule has 0 aliphatic carbocycles. The number of carbonyl (C=O) groups is 1. The minimum absolute atomic E-state index is 0.00139. The molecule has 2 rings (SSSR count). The second kappa shape index (κ2) is 7.04. The molecule has 1 heterocycles.